The van der Waals surface area contributed by atoms with E-state index >= 15 is 0 Å². The molecule has 18 heavy (non-hydrogen) atoms. The van der Waals surface area contributed by atoms with Crippen molar-refractivity contribution in [3.05, 3.63) is 47.3 Å². The summed E-state index contributed by atoms with van der Waals surface area (Å²) in [6.07, 6.45) is 17.7. The number of hydrogen-bond acceptors (Lipinski definition) is 1. The second kappa shape index (κ2) is 6.91. The zero-order valence-corrected chi connectivity index (χ0v) is 11.9. The lowest BCUT2D eigenvalue weighted by atomic mass is 9.96. The predicted molar refractivity (Wildman–Crippen MR) is 79.7 cm³/mol. The van der Waals surface area contributed by atoms with Crippen molar-refractivity contribution >= 4 is 0 Å². The molecule has 1 nitrogen and oxygen atoms in total. The van der Waals surface area contributed by atoms with Crippen LogP contribution in [0.3, 0.4) is 0 Å². The normalized spacial score (nSPS) is 22.7. The topological polar surface area (TPSA) is 3.24 Å². The van der Waals surface area contributed by atoms with Gasteiger partial charge in [-0.15, -0.1) is 12.3 Å². The second-order valence-corrected chi connectivity index (χ2v) is 4.52. The monoisotopic (exact) mass is 241 g/mol. The Morgan fingerprint density at radius 2 is 2.17 bits per heavy atom. The highest BCUT2D eigenvalue weighted by molar-refractivity contribution is 5.40. The maximum absolute atomic E-state index is 5.28. The van der Waals surface area contributed by atoms with Crippen molar-refractivity contribution in [3.8, 4) is 12.3 Å². The van der Waals surface area contributed by atoms with Crippen molar-refractivity contribution in [2.24, 2.45) is 5.92 Å². The van der Waals surface area contributed by atoms with Gasteiger partial charge in [-0.1, -0.05) is 25.2 Å². The Kier molecular flexibility index (Phi) is 5.52. The molecule has 1 aliphatic heterocycles. The van der Waals surface area contributed by atoms with Gasteiger partial charge in [0.25, 0.3) is 0 Å². The van der Waals surface area contributed by atoms with E-state index in [2.05, 4.69) is 62.1 Å². The minimum atomic E-state index is 0.525. The predicted octanol–water partition coefficient (Wildman–Crippen LogP) is 4.27. The minimum absolute atomic E-state index is 0.525. The van der Waals surface area contributed by atoms with Crippen molar-refractivity contribution in [1.29, 1.82) is 0 Å². The van der Waals surface area contributed by atoms with E-state index in [1.54, 1.807) is 0 Å². The standard InChI is InChI=1S/C17H23N/c1-6-9-11-13-16-14(4)15(8-3)17(18(16)5)12-10-7-2/h1,7,10-13,15H,8-9H2,2-5H3/b10-7-,13-11-,17-12+. The lowest BCUT2D eigenvalue weighted by molar-refractivity contribution is 0.509. The lowest BCUT2D eigenvalue weighted by Gasteiger charge is -2.19. The zero-order chi connectivity index (χ0) is 13.5. The average molecular weight is 241 g/mol. The molecular weight excluding hydrogens is 218 g/mol. The van der Waals surface area contributed by atoms with Crippen LogP contribution in [-0.4, -0.2) is 11.9 Å². The van der Waals surface area contributed by atoms with E-state index < -0.39 is 0 Å². The molecule has 0 saturated carbocycles. The van der Waals surface area contributed by atoms with Crippen LogP contribution in [0.4, 0.5) is 0 Å². The van der Waals surface area contributed by atoms with E-state index in [0.29, 0.717) is 12.3 Å². The number of terminal acetylenes is 1. The summed E-state index contributed by atoms with van der Waals surface area (Å²) < 4.78 is 0. The first kappa shape index (κ1) is 14.4. The Morgan fingerprint density at radius 1 is 1.44 bits per heavy atom. The molecule has 0 amide bonds. The molecule has 0 spiro atoms. The first-order valence-electron chi connectivity index (χ1n) is 6.54. The SMILES string of the molecule is C#CC/C=C\C1=C(C)C(CC)/C(=C\C=C/C)N1C. The van der Waals surface area contributed by atoms with Gasteiger partial charge in [-0.05, 0) is 38.0 Å². The Balaban J connectivity index is 3.04. The number of hydrogen-bond donors (Lipinski definition) is 0. The van der Waals surface area contributed by atoms with Gasteiger partial charge in [0.2, 0.25) is 0 Å². The van der Waals surface area contributed by atoms with Crippen molar-refractivity contribution in [3.63, 3.8) is 0 Å². The average Bonchev–Trinajstić information content (AvgIpc) is 2.59. The molecule has 1 atom stereocenters. The third-order valence-corrected chi connectivity index (χ3v) is 3.41. The summed E-state index contributed by atoms with van der Waals surface area (Å²) in [5.41, 5.74) is 4.09. The van der Waals surface area contributed by atoms with Gasteiger partial charge < -0.3 is 4.90 Å². The Labute approximate surface area is 112 Å². The van der Waals surface area contributed by atoms with Gasteiger partial charge in [0.1, 0.15) is 0 Å². The maximum Gasteiger partial charge on any atom is 0.0398 e. The van der Waals surface area contributed by atoms with Crippen molar-refractivity contribution in [2.75, 3.05) is 7.05 Å². The van der Waals surface area contributed by atoms with E-state index in [1.807, 2.05) is 6.92 Å². The number of nitrogens with zero attached hydrogens (tertiary/aromatic N) is 1. The first-order chi connectivity index (χ1) is 8.67. The van der Waals surface area contributed by atoms with Gasteiger partial charge in [-0.3, -0.25) is 0 Å². The van der Waals surface area contributed by atoms with Gasteiger partial charge in [0, 0.05) is 30.8 Å². The molecule has 0 N–H and O–H groups in total. The largest absolute Gasteiger partial charge is 0.348 e. The molecule has 0 aliphatic carbocycles. The molecule has 0 aromatic heterocycles. The summed E-state index contributed by atoms with van der Waals surface area (Å²) in [4.78, 5) is 2.27. The molecule has 1 rings (SSSR count). The molecule has 0 aromatic rings. The summed E-state index contributed by atoms with van der Waals surface area (Å²) in [5, 5.41) is 0. The molecule has 1 unspecified atom stereocenters. The van der Waals surface area contributed by atoms with Crippen LogP contribution in [0.5, 0.6) is 0 Å². The second-order valence-electron chi connectivity index (χ2n) is 4.52. The summed E-state index contributed by atoms with van der Waals surface area (Å²) in [6, 6.07) is 0. The van der Waals surface area contributed by atoms with Crippen LogP contribution in [0.1, 0.15) is 33.6 Å². The van der Waals surface area contributed by atoms with Gasteiger partial charge in [-0.25, -0.2) is 0 Å². The Morgan fingerprint density at radius 3 is 2.72 bits per heavy atom. The third-order valence-electron chi connectivity index (χ3n) is 3.41. The van der Waals surface area contributed by atoms with Gasteiger partial charge in [0.15, 0.2) is 0 Å². The fourth-order valence-electron chi connectivity index (χ4n) is 2.46. The number of rotatable bonds is 4. The van der Waals surface area contributed by atoms with Crippen LogP contribution in [0.25, 0.3) is 0 Å². The Hall–Kier alpha value is -1.68. The van der Waals surface area contributed by atoms with Crippen LogP contribution in [0.15, 0.2) is 47.3 Å². The third kappa shape index (κ3) is 2.96. The molecule has 96 valence electrons. The first-order valence-corrected chi connectivity index (χ1v) is 6.54. The molecule has 1 heterocycles. The highest BCUT2D eigenvalue weighted by Gasteiger charge is 2.28. The zero-order valence-electron chi connectivity index (χ0n) is 11.9. The molecule has 0 fully saturated rings. The summed E-state index contributed by atoms with van der Waals surface area (Å²) in [5.74, 6) is 3.16. The van der Waals surface area contributed by atoms with E-state index in [9.17, 15) is 0 Å². The summed E-state index contributed by atoms with van der Waals surface area (Å²) in [7, 11) is 2.13. The Bertz CT molecular complexity index is 441. The molecule has 0 bridgehead atoms. The summed E-state index contributed by atoms with van der Waals surface area (Å²) >= 11 is 0. The van der Waals surface area contributed by atoms with E-state index in [0.717, 1.165) is 6.42 Å². The minimum Gasteiger partial charge on any atom is -0.348 e. The van der Waals surface area contributed by atoms with E-state index in [1.165, 1.54) is 17.0 Å². The van der Waals surface area contributed by atoms with Crippen LogP contribution >= 0.6 is 0 Å². The molecule has 0 aromatic carbocycles. The van der Waals surface area contributed by atoms with Gasteiger partial charge in [0.05, 0.1) is 0 Å². The van der Waals surface area contributed by atoms with Crippen LogP contribution in [0, 0.1) is 18.3 Å². The van der Waals surface area contributed by atoms with E-state index in [4.69, 9.17) is 6.42 Å². The highest BCUT2D eigenvalue weighted by Crippen LogP contribution is 2.38. The molecule has 1 heteroatoms. The van der Waals surface area contributed by atoms with Gasteiger partial charge >= 0.3 is 0 Å². The molecule has 1 aliphatic rings. The van der Waals surface area contributed by atoms with Crippen LogP contribution in [-0.2, 0) is 0 Å². The summed E-state index contributed by atoms with van der Waals surface area (Å²) in [6.45, 7) is 6.50. The van der Waals surface area contributed by atoms with Crippen molar-refractivity contribution < 1.29 is 0 Å². The maximum atomic E-state index is 5.28. The fourth-order valence-corrected chi connectivity index (χ4v) is 2.46. The quantitative estimate of drug-likeness (QED) is 0.664. The fraction of sp³-hybridized carbons (Fsp3) is 0.412. The smallest absolute Gasteiger partial charge is 0.0398 e. The number of allylic oxidation sites excluding steroid dienone is 6. The molecular formula is C17H23N. The molecule has 0 saturated heterocycles. The van der Waals surface area contributed by atoms with Gasteiger partial charge in [-0.2, -0.15) is 0 Å². The van der Waals surface area contributed by atoms with E-state index in [-0.39, 0.29) is 0 Å². The van der Waals surface area contributed by atoms with Crippen LogP contribution < -0.4 is 0 Å². The van der Waals surface area contributed by atoms with Crippen molar-refractivity contribution in [2.45, 2.75) is 33.6 Å². The highest BCUT2D eigenvalue weighted by atomic mass is 15.1. The molecule has 0 radical (unpaired) electrons. The van der Waals surface area contributed by atoms with Crippen molar-refractivity contribution in [1.82, 2.24) is 4.90 Å². The number of likely N-dealkylation sites (N-methyl/N-ethyl adjacent to an activating group) is 1. The van der Waals surface area contributed by atoms with Crippen LogP contribution in [0.2, 0.25) is 0 Å². The lowest BCUT2D eigenvalue weighted by Crippen LogP contribution is -2.13.